The fourth-order valence-electron chi connectivity index (χ4n) is 4.03. The van der Waals surface area contributed by atoms with E-state index in [1.165, 1.54) is 15.8 Å². The van der Waals surface area contributed by atoms with E-state index < -0.39 is 0 Å². The number of nitrogens with one attached hydrogen (secondary N) is 1. The Labute approximate surface area is 181 Å². The van der Waals surface area contributed by atoms with Gasteiger partial charge in [-0.25, -0.2) is 0 Å². The summed E-state index contributed by atoms with van der Waals surface area (Å²) < 4.78 is 0. The highest BCUT2D eigenvalue weighted by Gasteiger charge is 2.27. The molecule has 1 amide bonds. The van der Waals surface area contributed by atoms with Gasteiger partial charge in [0.15, 0.2) is 6.04 Å². The number of nitrogens with zero attached hydrogens (tertiary/aromatic N) is 1. The Bertz CT molecular complexity index is 1090. The molecule has 0 saturated carbocycles. The Morgan fingerprint density at radius 3 is 2.57 bits per heavy atom. The average Bonchev–Trinajstić information content (AvgIpc) is 3.46. The number of H-pyrrole nitrogens is 1. The second kappa shape index (κ2) is 9.28. The largest absolute Gasteiger partial charge is 0.361 e. The summed E-state index contributed by atoms with van der Waals surface area (Å²) in [4.78, 5) is 19.8. The van der Waals surface area contributed by atoms with Crippen LogP contribution in [0.4, 0.5) is 5.69 Å². The monoisotopic (exact) mass is 418 g/mol. The van der Waals surface area contributed by atoms with Crippen molar-refractivity contribution < 1.29 is 10.1 Å². The zero-order valence-corrected chi connectivity index (χ0v) is 18.2. The summed E-state index contributed by atoms with van der Waals surface area (Å²) >= 11 is 1.78. The van der Waals surface area contributed by atoms with E-state index in [4.69, 9.17) is 0 Å². The Kier molecular flexibility index (Phi) is 6.31. The van der Waals surface area contributed by atoms with Gasteiger partial charge in [0.1, 0.15) is 0 Å². The number of hydrogen-bond donors (Lipinski definition) is 2. The Morgan fingerprint density at radius 2 is 1.83 bits per heavy atom. The normalized spacial score (nSPS) is 13.3. The fraction of sp³-hybridized carbons (Fsp3) is 0.240. The lowest BCUT2D eigenvalue weighted by Crippen LogP contribution is -2.92. The molecule has 4 rings (SSSR count). The summed E-state index contributed by atoms with van der Waals surface area (Å²) in [6.45, 7) is 5.52. The number of carbonyl (C=O) groups is 1. The number of benzene rings is 2. The SMILES string of the molecule is CCN(C(=O)[C@@H](C)[NH2+]C[C@H](c1cccs1)c1c[nH]c2ccccc12)c1ccccc1. The van der Waals surface area contributed by atoms with Gasteiger partial charge in [0.2, 0.25) is 0 Å². The number of fused-ring (bicyclic) bond motifs is 1. The van der Waals surface area contributed by atoms with Crippen LogP contribution in [0.15, 0.2) is 78.3 Å². The molecule has 0 unspecified atom stereocenters. The standard InChI is InChI=1S/C25H27N3OS/c1-3-28(19-10-5-4-6-11-19)25(29)18(2)26-17-22(24-14-9-15-30-24)21-16-27-23-13-8-7-12-20(21)23/h4-16,18,22,26-27H,3,17H2,1-2H3/p+1/t18-,22+/m1/s1. The van der Waals surface area contributed by atoms with Gasteiger partial charge in [-0.05, 0) is 49.1 Å². The first-order valence-corrected chi connectivity index (χ1v) is 11.4. The number of anilines is 1. The molecular weight excluding hydrogens is 390 g/mol. The number of rotatable bonds is 8. The first kappa shape index (κ1) is 20.4. The van der Waals surface area contributed by atoms with Crippen LogP contribution in [0, 0.1) is 0 Å². The molecule has 154 valence electrons. The van der Waals surface area contributed by atoms with Crippen molar-refractivity contribution in [3.63, 3.8) is 0 Å². The lowest BCUT2D eigenvalue weighted by atomic mass is 9.96. The van der Waals surface area contributed by atoms with Crippen molar-refractivity contribution in [1.29, 1.82) is 0 Å². The highest BCUT2D eigenvalue weighted by Crippen LogP contribution is 2.32. The van der Waals surface area contributed by atoms with E-state index in [2.05, 4.69) is 58.3 Å². The molecule has 0 fully saturated rings. The number of para-hydroxylation sites is 2. The van der Waals surface area contributed by atoms with Gasteiger partial charge in [0.25, 0.3) is 5.91 Å². The minimum atomic E-state index is -0.155. The van der Waals surface area contributed by atoms with Crippen LogP contribution in [0.2, 0.25) is 0 Å². The molecule has 4 aromatic rings. The molecule has 2 atom stereocenters. The van der Waals surface area contributed by atoms with Crippen molar-refractivity contribution in [3.8, 4) is 0 Å². The van der Waals surface area contributed by atoms with Gasteiger partial charge in [-0.15, -0.1) is 11.3 Å². The Balaban J connectivity index is 1.53. The van der Waals surface area contributed by atoms with Gasteiger partial charge in [0, 0.05) is 34.2 Å². The lowest BCUT2D eigenvalue weighted by Gasteiger charge is -2.24. The number of hydrogen-bond acceptors (Lipinski definition) is 2. The second-order valence-corrected chi connectivity index (χ2v) is 8.52. The van der Waals surface area contributed by atoms with Crippen molar-refractivity contribution in [1.82, 2.24) is 4.98 Å². The van der Waals surface area contributed by atoms with Crippen molar-refractivity contribution in [2.45, 2.75) is 25.8 Å². The molecule has 0 aliphatic heterocycles. The van der Waals surface area contributed by atoms with Gasteiger partial charge in [-0.1, -0.05) is 42.5 Å². The highest BCUT2D eigenvalue weighted by atomic mass is 32.1. The van der Waals surface area contributed by atoms with E-state index in [0.717, 1.165) is 17.7 Å². The second-order valence-electron chi connectivity index (χ2n) is 7.54. The van der Waals surface area contributed by atoms with Crippen LogP contribution < -0.4 is 10.2 Å². The molecule has 2 aromatic heterocycles. The first-order valence-electron chi connectivity index (χ1n) is 10.5. The number of carbonyl (C=O) groups excluding carboxylic acids is 1. The lowest BCUT2D eigenvalue weighted by molar-refractivity contribution is -0.674. The quantitative estimate of drug-likeness (QED) is 0.439. The summed E-state index contributed by atoms with van der Waals surface area (Å²) in [5.41, 5.74) is 3.40. The molecule has 0 spiro atoms. The number of likely N-dealkylation sites (N-methyl/N-ethyl adjacent to an activating group) is 1. The number of aromatic nitrogens is 1. The third kappa shape index (κ3) is 4.18. The predicted octanol–water partition coefficient (Wildman–Crippen LogP) is 4.37. The summed E-state index contributed by atoms with van der Waals surface area (Å²) in [7, 11) is 0. The molecule has 5 heteroatoms. The van der Waals surface area contributed by atoms with E-state index in [9.17, 15) is 4.79 Å². The summed E-state index contributed by atoms with van der Waals surface area (Å²) in [6.07, 6.45) is 2.12. The molecule has 0 bridgehead atoms. The zero-order valence-electron chi connectivity index (χ0n) is 17.4. The van der Waals surface area contributed by atoms with Crippen LogP contribution in [0.5, 0.6) is 0 Å². The minimum Gasteiger partial charge on any atom is -0.361 e. The van der Waals surface area contributed by atoms with Crippen LogP contribution >= 0.6 is 11.3 Å². The average molecular weight is 419 g/mol. The molecule has 0 aliphatic carbocycles. The Morgan fingerprint density at radius 1 is 1.07 bits per heavy atom. The molecule has 2 heterocycles. The van der Waals surface area contributed by atoms with Crippen molar-refractivity contribution >= 4 is 33.8 Å². The predicted molar refractivity (Wildman–Crippen MR) is 125 cm³/mol. The molecule has 0 saturated heterocycles. The maximum atomic E-state index is 13.2. The smallest absolute Gasteiger partial charge is 0.284 e. The Hall–Kier alpha value is -2.89. The van der Waals surface area contributed by atoms with Crippen molar-refractivity contribution in [3.05, 3.63) is 88.7 Å². The maximum absolute atomic E-state index is 13.2. The molecule has 4 nitrogen and oxygen atoms in total. The van der Waals surface area contributed by atoms with Gasteiger partial charge >= 0.3 is 0 Å². The first-order chi connectivity index (χ1) is 14.7. The topological polar surface area (TPSA) is 52.7 Å². The van der Waals surface area contributed by atoms with Crippen LogP contribution in [0.1, 0.15) is 30.2 Å². The van der Waals surface area contributed by atoms with E-state index in [1.54, 1.807) is 11.3 Å². The van der Waals surface area contributed by atoms with Gasteiger partial charge in [-0.3, -0.25) is 4.79 Å². The summed E-state index contributed by atoms with van der Waals surface area (Å²) in [5.74, 6) is 0.385. The maximum Gasteiger partial charge on any atom is 0.284 e. The molecule has 2 aromatic carbocycles. The molecule has 0 radical (unpaired) electrons. The summed E-state index contributed by atoms with van der Waals surface area (Å²) in [5, 5.41) is 5.56. The number of quaternary nitrogens is 1. The van der Waals surface area contributed by atoms with Gasteiger partial charge in [-0.2, -0.15) is 0 Å². The van der Waals surface area contributed by atoms with E-state index in [-0.39, 0.29) is 17.9 Å². The van der Waals surface area contributed by atoms with Crippen LogP contribution in [-0.2, 0) is 4.79 Å². The van der Waals surface area contributed by atoms with Crippen molar-refractivity contribution in [2.24, 2.45) is 0 Å². The third-order valence-electron chi connectivity index (χ3n) is 5.65. The number of amides is 1. The van der Waals surface area contributed by atoms with Gasteiger partial charge < -0.3 is 15.2 Å². The molecule has 30 heavy (non-hydrogen) atoms. The fourth-order valence-corrected chi connectivity index (χ4v) is 4.89. The third-order valence-corrected chi connectivity index (χ3v) is 6.63. The minimum absolute atomic E-state index is 0.146. The molecular formula is C25H28N3OS+. The number of nitrogens with two attached hydrogens (primary N) is 1. The van der Waals surface area contributed by atoms with Crippen LogP contribution in [0.3, 0.4) is 0 Å². The van der Waals surface area contributed by atoms with E-state index in [0.29, 0.717) is 6.54 Å². The molecule has 3 N–H and O–H groups in total. The number of thiophene rings is 1. The molecule has 0 aliphatic rings. The van der Waals surface area contributed by atoms with Crippen LogP contribution in [-0.4, -0.2) is 30.0 Å². The highest BCUT2D eigenvalue weighted by molar-refractivity contribution is 7.10. The summed E-state index contributed by atoms with van der Waals surface area (Å²) in [6, 6.07) is 22.5. The van der Waals surface area contributed by atoms with Crippen molar-refractivity contribution in [2.75, 3.05) is 18.0 Å². The van der Waals surface area contributed by atoms with Gasteiger partial charge in [0.05, 0.1) is 12.5 Å². The number of aromatic amines is 1. The zero-order chi connectivity index (χ0) is 20.9. The van der Waals surface area contributed by atoms with E-state index >= 15 is 0 Å². The van der Waals surface area contributed by atoms with Crippen LogP contribution in [0.25, 0.3) is 10.9 Å². The van der Waals surface area contributed by atoms with E-state index in [1.807, 2.05) is 49.1 Å².